The molecule has 1 aliphatic carbocycles. The van der Waals surface area contributed by atoms with Crippen LogP contribution in [0.15, 0.2) is 18.2 Å². The Balaban J connectivity index is 2.24. The molecule has 0 aromatic heterocycles. The molecule has 2 rings (SSSR count). The molecule has 4 nitrogen and oxygen atoms in total. The SMILES string of the molecule is Cc1ccc(C#N)cc1NC(=O)C1(C#N)CCCCCC1. The fourth-order valence-electron chi connectivity index (χ4n) is 2.79. The molecule has 0 radical (unpaired) electrons. The number of nitriles is 2. The monoisotopic (exact) mass is 281 g/mol. The summed E-state index contributed by atoms with van der Waals surface area (Å²) < 4.78 is 0. The lowest BCUT2D eigenvalue weighted by molar-refractivity contribution is -0.123. The Labute approximate surface area is 125 Å². The van der Waals surface area contributed by atoms with Gasteiger partial charge in [0.15, 0.2) is 0 Å². The van der Waals surface area contributed by atoms with Gasteiger partial charge in [0, 0.05) is 5.69 Å². The number of amides is 1. The van der Waals surface area contributed by atoms with Crippen LogP contribution in [0.5, 0.6) is 0 Å². The van der Waals surface area contributed by atoms with Gasteiger partial charge in [-0.15, -0.1) is 0 Å². The number of nitrogens with zero attached hydrogens (tertiary/aromatic N) is 2. The fraction of sp³-hybridized carbons (Fsp3) is 0.471. The first-order valence-electron chi connectivity index (χ1n) is 7.35. The van der Waals surface area contributed by atoms with Gasteiger partial charge in [-0.25, -0.2) is 0 Å². The smallest absolute Gasteiger partial charge is 0.244 e. The maximum atomic E-state index is 12.6. The van der Waals surface area contributed by atoms with E-state index in [1.54, 1.807) is 18.2 Å². The third kappa shape index (κ3) is 3.23. The van der Waals surface area contributed by atoms with E-state index < -0.39 is 5.41 Å². The van der Waals surface area contributed by atoms with Crippen molar-refractivity contribution in [2.75, 3.05) is 5.32 Å². The topological polar surface area (TPSA) is 76.7 Å². The van der Waals surface area contributed by atoms with Gasteiger partial charge in [-0.05, 0) is 37.5 Å². The fourth-order valence-corrected chi connectivity index (χ4v) is 2.79. The van der Waals surface area contributed by atoms with Crippen molar-refractivity contribution in [2.45, 2.75) is 45.4 Å². The number of nitrogens with one attached hydrogen (secondary N) is 1. The van der Waals surface area contributed by atoms with Gasteiger partial charge in [-0.3, -0.25) is 4.79 Å². The van der Waals surface area contributed by atoms with Crippen LogP contribution in [0.3, 0.4) is 0 Å². The van der Waals surface area contributed by atoms with Crippen molar-refractivity contribution < 1.29 is 4.79 Å². The normalized spacial score (nSPS) is 17.1. The van der Waals surface area contributed by atoms with Crippen LogP contribution in [0.25, 0.3) is 0 Å². The molecular formula is C17H19N3O. The van der Waals surface area contributed by atoms with Crippen LogP contribution in [-0.2, 0) is 4.79 Å². The molecule has 0 saturated heterocycles. The number of rotatable bonds is 2. The second kappa shape index (κ2) is 6.41. The third-order valence-corrected chi connectivity index (χ3v) is 4.22. The number of hydrogen-bond acceptors (Lipinski definition) is 3. The maximum absolute atomic E-state index is 12.6. The number of anilines is 1. The first-order valence-corrected chi connectivity index (χ1v) is 7.35. The predicted octanol–water partition coefficient (Wildman–Crippen LogP) is 3.67. The molecule has 1 amide bonds. The van der Waals surface area contributed by atoms with Crippen LogP contribution in [0, 0.1) is 35.0 Å². The summed E-state index contributed by atoms with van der Waals surface area (Å²) in [5.74, 6) is -0.231. The van der Waals surface area contributed by atoms with E-state index in [1.165, 1.54) is 0 Å². The Bertz CT molecular complexity index is 614. The van der Waals surface area contributed by atoms with Crippen molar-refractivity contribution in [1.29, 1.82) is 10.5 Å². The first-order chi connectivity index (χ1) is 10.1. The van der Waals surface area contributed by atoms with E-state index in [-0.39, 0.29) is 5.91 Å². The van der Waals surface area contributed by atoms with Crippen LogP contribution in [-0.4, -0.2) is 5.91 Å². The molecule has 1 aliphatic rings. The molecular weight excluding hydrogens is 262 g/mol. The summed E-state index contributed by atoms with van der Waals surface area (Å²) >= 11 is 0. The summed E-state index contributed by atoms with van der Waals surface area (Å²) in [6.07, 6.45) is 5.23. The van der Waals surface area contributed by atoms with Gasteiger partial charge in [0.1, 0.15) is 5.41 Å². The maximum Gasteiger partial charge on any atom is 0.244 e. The minimum Gasteiger partial charge on any atom is -0.324 e. The Morgan fingerprint density at radius 1 is 1.19 bits per heavy atom. The summed E-state index contributed by atoms with van der Waals surface area (Å²) in [7, 11) is 0. The van der Waals surface area contributed by atoms with Crippen molar-refractivity contribution >= 4 is 11.6 Å². The lowest BCUT2D eigenvalue weighted by atomic mass is 9.81. The summed E-state index contributed by atoms with van der Waals surface area (Å²) in [6, 6.07) is 9.50. The zero-order valence-electron chi connectivity index (χ0n) is 12.3. The number of carbonyl (C=O) groups excluding carboxylic acids is 1. The van der Waals surface area contributed by atoms with E-state index in [0.29, 0.717) is 24.1 Å². The molecule has 1 aromatic carbocycles. The van der Waals surface area contributed by atoms with Crippen molar-refractivity contribution in [1.82, 2.24) is 0 Å². The molecule has 0 atom stereocenters. The van der Waals surface area contributed by atoms with Crippen molar-refractivity contribution in [3.8, 4) is 12.1 Å². The zero-order valence-corrected chi connectivity index (χ0v) is 12.3. The Hall–Kier alpha value is -2.33. The molecule has 1 aromatic rings. The number of carbonyl (C=O) groups is 1. The number of benzene rings is 1. The molecule has 1 saturated carbocycles. The standard InChI is InChI=1S/C17H19N3O/c1-13-6-7-14(11-18)10-15(13)20-16(21)17(12-19)8-4-2-3-5-9-17/h6-7,10H,2-5,8-9H2,1H3,(H,20,21). The van der Waals surface area contributed by atoms with Crippen LogP contribution >= 0.6 is 0 Å². The van der Waals surface area contributed by atoms with Crippen LogP contribution < -0.4 is 5.32 Å². The Morgan fingerprint density at radius 2 is 1.86 bits per heavy atom. The molecule has 0 aliphatic heterocycles. The van der Waals surface area contributed by atoms with Crippen LogP contribution in [0.4, 0.5) is 5.69 Å². The Kier molecular flexibility index (Phi) is 4.60. The summed E-state index contributed by atoms with van der Waals surface area (Å²) in [5.41, 5.74) is 1.09. The zero-order chi connectivity index (χ0) is 15.3. The van der Waals surface area contributed by atoms with Crippen molar-refractivity contribution in [2.24, 2.45) is 5.41 Å². The van der Waals surface area contributed by atoms with E-state index in [1.807, 2.05) is 6.92 Å². The van der Waals surface area contributed by atoms with Gasteiger partial charge in [-0.2, -0.15) is 10.5 Å². The molecule has 21 heavy (non-hydrogen) atoms. The first kappa shape index (κ1) is 15.1. The highest BCUT2D eigenvalue weighted by Crippen LogP contribution is 2.36. The van der Waals surface area contributed by atoms with E-state index in [9.17, 15) is 10.1 Å². The largest absolute Gasteiger partial charge is 0.324 e. The van der Waals surface area contributed by atoms with Gasteiger partial charge in [-0.1, -0.05) is 31.7 Å². The second-order valence-corrected chi connectivity index (χ2v) is 5.70. The minimum atomic E-state index is -0.925. The number of aryl methyl sites for hydroxylation is 1. The van der Waals surface area contributed by atoms with Crippen molar-refractivity contribution in [3.05, 3.63) is 29.3 Å². The van der Waals surface area contributed by atoms with Gasteiger partial charge in [0.05, 0.1) is 17.7 Å². The van der Waals surface area contributed by atoms with Gasteiger partial charge in [0.25, 0.3) is 0 Å². The van der Waals surface area contributed by atoms with E-state index in [0.717, 1.165) is 31.2 Å². The quantitative estimate of drug-likeness (QED) is 0.840. The molecule has 0 bridgehead atoms. The van der Waals surface area contributed by atoms with Crippen LogP contribution in [0.2, 0.25) is 0 Å². The molecule has 0 spiro atoms. The highest BCUT2D eigenvalue weighted by Gasteiger charge is 2.39. The molecule has 4 heteroatoms. The highest BCUT2D eigenvalue weighted by atomic mass is 16.2. The highest BCUT2D eigenvalue weighted by molar-refractivity contribution is 5.97. The summed E-state index contributed by atoms with van der Waals surface area (Å²) in [6.45, 7) is 1.88. The van der Waals surface area contributed by atoms with Gasteiger partial charge < -0.3 is 5.32 Å². The lowest BCUT2D eigenvalue weighted by Gasteiger charge is -2.24. The average molecular weight is 281 g/mol. The van der Waals surface area contributed by atoms with Crippen molar-refractivity contribution in [3.63, 3.8) is 0 Å². The number of hydrogen-bond donors (Lipinski definition) is 1. The van der Waals surface area contributed by atoms with E-state index in [4.69, 9.17) is 5.26 Å². The second-order valence-electron chi connectivity index (χ2n) is 5.70. The summed E-state index contributed by atoms with van der Waals surface area (Å²) in [4.78, 5) is 12.6. The van der Waals surface area contributed by atoms with Gasteiger partial charge in [0.2, 0.25) is 5.91 Å². The molecule has 0 heterocycles. The molecule has 1 N–H and O–H groups in total. The lowest BCUT2D eigenvalue weighted by Crippen LogP contribution is -2.34. The van der Waals surface area contributed by atoms with Crippen LogP contribution in [0.1, 0.15) is 49.7 Å². The van der Waals surface area contributed by atoms with Gasteiger partial charge >= 0.3 is 0 Å². The molecule has 1 fully saturated rings. The van der Waals surface area contributed by atoms with E-state index >= 15 is 0 Å². The third-order valence-electron chi connectivity index (χ3n) is 4.22. The molecule has 0 unspecified atom stereocenters. The van der Waals surface area contributed by atoms with E-state index in [2.05, 4.69) is 17.5 Å². The Morgan fingerprint density at radius 3 is 2.43 bits per heavy atom. The minimum absolute atomic E-state index is 0.231. The summed E-state index contributed by atoms with van der Waals surface area (Å²) in [5, 5.41) is 21.3. The molecule has 108 valence electrons. The predicted molar refractivity (Wildman–Crippen MR) is 80.3 cm³/mol. The average Bonchev–Trinajstić information content (AvgIpc) is 2.76.